The molecule has 0 spiro atoms. The number of hydrogen-bond donors (Lipinski definition) is 1. The van der Waals surface area contributed by atoms with Crippen molar-refractivity contribution in [2.45, 2.75) is 65.3 Å². The standard InChI is InChI=1S/C15H29NO2/c1-4-18-15(17)9-6-10-16-14-8-5-7-13(11-14)12(2)3/h12-14,16H,4-11H2,1-3H3. The van der Waals surface area contributed by atoms with Gasteiger partial charge in [-0.2, -0.15) is 0 Å². The molecule has 3 nitrogen and oxygen atoms in total. The number of carbonyl (C=O) groups is 1. The molecule has 3 heteroatoms. The molecule has 2 unspecified atom stereocenters. The zero-order chi connectivity index (χ0) is 13.4. The molecule has 18 heavy (non-hydrogen) atoms. The fourth-order valence-electron chi connectivity index (χ4n) is 2.79. The highest BCUT2D eigenvalue weighted by molar-refractivity contribution is 5.69. The minimum Gasteiger partial charge on any atom is -0.466 e. The van der Waals surface area contributed by atoms with E-state index in [-0.39, 0.29) is 5.97 Å². The second-order valence-electron chi connectivity index (χ2n) is 5.73. The Bertz CT molecular complexity index is 241. The summed E-state index contributed by atoms with van der Waals surface area (Å²) in [6.45, 7) is 7.94. The van der Waals surface area contributed by atoms with Crippen LogP contribution in [0.25, 0.3) is 0 Å². The normalized spacial score (nSPS) is 24.2. The predicted octanol–water partition coefficient (Wildman–Crippen LogP) is 3.13. The average molecular weight is 255 g/mol. The van der Waals surface area contributed by atoms with E-state index in [4.69, 9.17) is 4.74 Å². The van der Waals surface area contributed by atoms with Crippen molar-refractivity contribution >= 4 is 5.97 Å². The lowest BCUT2D eigenvalue weighted by atomic mass is 9.79. The minimum absolute atomic E-state index is 0.0667. The van der Waals surface area contributed by atoms with Crippen molar-refractivity contribution in [3.05, 3.63) is 0 Å². The van der Waals surface area contributed by atoms with Gasteiger partial charge in [-0.05, 0) is 44.6 Å². The molecule has 1 saturated carbocycles. The molecule has 0 aromatic heterocycles. The molecule has 1 aliphatic carbocycles. The van der Waals surface area contributed by atoms with E-state index in [1.807, 2.05) is 6.92 Å². The molecule has 0 aliphatic heterocycles. The van der Waals surface area contributed by atoms with E-state index < -0.39 is 0 Å². The Morgan fingerprint density at radius 3 is 2.83 bits per heavy atom. The highest BCUT2D eigenvalue weighted by Crippen LogP contribution is 2.29. The van der Waals surface area contributed by atoms with Crippen LogP contribution in [0.3, 0.4) is 0 Å². The van der Waals surface area contributed by atoms with Crippen molar-refractivity contribution < 1.29 is 9.53 Å². The zero-order valence-corrected chi connectivity index (χ0v) is 12.2. The quantitative estimate of drug-likeness (QED) is 0.561. The van der Waals surface area contributed by atoms with Gasteiger partial charge in [-0.15, -0.1) is 0 Å². The van der Waals surface area contributed by atoms with Gasteiger partial charge in [-0.3, -0.25) is 4.79 Å². The first-order chi connectivity index (χ1) is 8.63. The van der Waals surface area contributed by atoms with Crippen LogP contribution in [0.2, 0.25) is 0 Å². The highest BCUT2D eigenvalue weighted by Gasteiger charge is 2.23. The van der Waals surface area contributed by atoms with Gasteiger partial charge in [0.15, 0.2) is 0 Å². The maximum Gasteiger partial charge on any atom is 0.305 e. The second kappa shape index (κ2) is 8.52. The number of hydrogen-bond acceptors (Lipinski definition) is 3. The lowest BCUT2D eigenvalue weighted by Gasteiger charge is -2.32. The largest absolute Gasteiger partial charge is 0.466 e. The Morgan fingerprint density at radius 1 is 1.39 bits per heavy atom. The summed E-state index contributed by atoms with van der Waals surface area (Å²) in [6, 6.07) is 0.661. The van der Waals surface area contributed by atoms with Gasteiger partial charge in [0, 0.05) is 12.5 Å². The highest BCUT2D eigenvalue weighted by atomic mass is 16.5. The van der Waals surface area contributed by atoms with Crippen LogP contribution in [0.15, 0.2) is 0 Å². The minimum atomic E-state index is -0.0667. The first-order valence-electron chi connectivity index (χ1n) is 7.52. The van der Waals surface area contributed by atoms with Gasteiger partial charge < -0.3 is 10.1 Å². The summed E-state index contributed by atoms with van der Waals surface area (Å²) in [5.74, 6) is 1.61. The molecule has 1 N–H and O–H groups in total. The molecule has 0 radical (unpaired) electrons. The van der Waals surface area contributed by atoms with Crippen LogP contribution in [-0.4, -0.2) is 25.2 Å². The van der Waals surface area contributed by atoms with Gasteiger partial charge >= 0.3 is 5.97 Å². The van der Waals surface area contributed by atoms with Crippen LogP contribution in [0, 0.1) is 11.8 Å². The molecule has 106 valence electrons. The van der Waals surface area contributed by atoms with Gasteiger partial charge in [0.25, 0.3) is 0 Å². The monoisotopic (exact) mass is 255 g/mol. The summed E-state index contributed by atoms with van der Waals surface area (Å²) in [5, 5.41) is 3.60. The first kappa shape index (κ1) is 15.5. The Balaban J connectivity index is 2.10. The van der Waals surface area contributed by atoms with Crippen molar-refractivity contribution in [2.75, 3.05) is 13.2 Å². The summed E-state index contributed by atoms with van der Waals surface area (Å²) in [6.07, 6.45) is 6.76. The van der Waals surface area contributed by atoms with Crippen LogP contribution in [-0.2, 0) is 9.53 Å². The lowest BCUT2D eigenvalue weighted by Crippen LogP contribution is -2.36. The third-order valence-corrected chi connectivity index (χ3v) is 3.95. The summed E-state index contributed by atoms with van der Waals surface area (Å²) in [7, 11) is 0. The topological polar surface area (TPSA) is 38.3 Å². The van der Waals surface area contributed by atoms with E-state index in [0.717, 1.165) is 24.8 Å². The molecule has 2 atom stereocenters. The third-order valence-electron chi connectivity index (χ3n) is 3.95. The van der Waals surface area contributed by atoms with Gasteiger partial charge in [0.1, 0.15) is 0 Å². The van der Waals surface area contributed by atoms with Crippen LogP contribution < -0.4 is 5.32 Å². The van der Waals surface area contributed by atoms with Crippen molar-refractivity contribution in [1.82, 2.24) is 5.32 Å². The molecule has 0 saturated heterocycles. The Hall–Kier alpha value is -0.570. The second-order valence-corrected chi connectivity index (χ2v) is 5.73. The molecule has 0 amide bonds. The lowest BCUT2D eigenvalue weighted by molar-refractivity contribution is -0.143. The first-order valence-corrected chi connectivity index (χ1v) is 7.52. The number of ether oxygens (including phenoxy) is 1. The van der Waals surface area contributed by atoms with Crippen molar-refractivity contribution in [1.29, 1.82) is 0 Å². The number of rotatable bonds is 7. The molecule has 1 rings (SSSR count). The Morgan fingerprint density at radius 2 is 2.17 bits per heavy atom. The molecule has 0 aromatic rings. The van der Waals surface area contributed by atoms with Crippen LogP contribution in [0.1, 0.15) is 59.3 Å². The van der Waals surface area contributed by atoms with Crippen LogP contribution in [0.5, 0.6) is 0 Å². The predicted molar refractivity (Wildman–Crippen MR) is 74.5 cm³/mol. The van der Waals surface area contributed by atoms with E-state index >= 15 is 0 Å². The van der Waals surface area contributed by atoms with E-state index in [1.54, 1.807) is 0 Å². The average Bonchev–Trinajstić information content (AvgIpc) is 2.35. The SMILES string of the molecule is CCOC(=O)CCCNC1CCCC(C(C)C)C1. The summed E-state index contributed by atoms with van der Waals surface area (Å²) in [5.41, 5.74) is 0. The van der Waals surface area contributed by atoms with Crippen molar-refractivity contribution in [3.8, 4) is 0 Å². The molecule has 1 fully saturated rings. The van der Waals surface area contributed by atoms with Crippen LogP contribution in [0.4, 0.5) is 0 Å². The van der Waals surface area contributed by atoms with Crippen molar-refractivity contribution in [3.63, 3.8) is 0 Å². The molecule has 0 aromatic carbocycles. The number of nitrogens with one attached hydrogen (secondary N) is 1. The third kappa shape index (κ3) is 5.85. The van der Waals surface area contributed by atoms with E-state index in [2.05, 4.69) is 19.2 Å². The molecule has 1 aliphatic rings. The molecular formula is C15H29NO2. The van der Waals surface area contributed by atoms with E-state index in [9.17, 15) is 4.79 Å². The zero-order valence-electron chi connectivity index (χ0n) is 12.2. The Labute approximate surface area is 112 Å². The van der Waals surface area contributed by atoms with Gasteiger partial charge in [-0.1, -0.05) is 26.7 Å². The van der Waals surface area contributed by atoms with E-state index in [1.165, 1.54) is 25.7 Å². The fraction of sp³-hybridized carbons (Fsp3) is 0.933. The summed E-state index contributed by atoms with van der Waals surface area (Å²) < 4.78 is 4.92. The van der Waals surface area contributed by atoms with E-state index in [0.29, 0.717) is 19.1 Å². The Kier molecular flexibility index (Phi) is 7.33. The van der Waals surface area contributed by atoms with Gasteiger partial charge in [-0.25, -0.2) is 0 Å². The summed E-state index contributed by atoms with van der Waals surface area (Å²) >= 11 is 0. The van der Waals surface area contributed by atoms with Crippen LogP contribution >= 0.6 is 0 Å². The fourth-order valence-corrected chi connectivity index (χ4v) is 2.79. The number of esters is 1. The molecule has 0 heterocycles. The maximum absolute atomic E-state index is 11.2. The maximum atomic E-state index is 11.2. The van der Waals surface area contributed by atoms with Gasteiger partial charge in [0.05, 0.1) is 6.61 Å². The smallest absolute Gasteiger partial charge is 0.305 e. The number of carbonyl (C=O) groups excluding carboxylic acids is 1. The summed E-state index contributed by atoms with van der Waals surface area (Å²) in [4.78, 5) is 11.2. The molecule has 0 bridgehead atoms. The van der Waals surface area contributed by atoms with Crippen molar-refractivity contribution in [2.24, 2.45) is 11.8 Å². The molecular weight excluding hydrogens is 226 g/mol. The van der Waals surface area contributed by atoms with Gasteiger partial charge in [0.2, 0.25) is 0 Å².